The summed E-state index contributed by atoms with van der Waals surface area (Å²) in [5, 5.41) is 11.2. The van der Waals surface area contributed by atoms with Gasteiger partial charge in [0.25, 0.3) is 0 Å². The third kappa shape index (κ3) is 4.58. The number of rotatable bonds is 4. The minimum atomic E-state index is 0.583. The zero-order chi connectivity index (χ0) is 36.7. The second-order valence-electron chi connectivity index (χ2n) is 14.4. The maximum atomic E-state index is 6.59. The van der Waals surface area contributed by atoms with Crippen LogP contribution in [0.1, 0.15) is 0 Å². The SMILES string of the molecule is c1ccc2cc3c(cc2c1)c1ccccc1n3-c1c(-c2nc(-c3cccc4ccccc34)nc(-c3cccc4ccccc34)n2)ccc2oc3ccccc3c12. The summed E-state index contributed by atoms with van der Waals surface area (Å²) in [6.45, 7) is 0. The summed E-state index contributed by atoms with van der Waals surface area (Å²) in [6, 6.07) is 63.8. The highest BCUT2D eigenvalue weighted by atomic mass is 16.3. The number of benzene rings is 9. The number of furan rings is 1. The summed E-state index contributed by atoms with van der Waals surface area (Å²) in [5.74, 6) is 1.82. The second-order valence-corrected chi connectivity index (χ2v) is 14.4. The molecule has 0 aliphatic rings. The van der Waals surface area contributed by atoms with Gasteiger partial charge in [0.1, 0.15) is 11.2 Å². The Balaban J connectivity index is 1.25. The molecule has 0 atom stereocenters. The summed E-state index contributed by atoms with van der Waals surface area (Å²) in [7, 11) is 0. The van der Waals surface area contributed by atoms with Crippen molar-refractivity contribution in [2.24, 2.45) is 0 Å². The van der Waals surface area contributed by atoms with Crippen molar-refractivity contribution in [3.05, 3.63) is 182 Å². The maximum absolute atomic E-state index is 6.59. The van der Waals surface area contributed by atoms with E-state index in [9.17, 15) is 0 Å². The van der Waals surface area contributed by atoms with Crippen molar-refractivity contribution in [2.75, 3.05) is 0 Å². The van der Waals surface area contributed by atoms with Crippen molar-refractivity contribution in [1.29, 1.82) is 0 Å². The lowest BCUT2D eigenvalue weighted by Gasteiger charge is -2.17. The van der Waals surface area contributed by atoms with Gasteiger partial charge < -0.3 is 8.98 Å². The molecule has 3 heterocycles. The van der Waals surface area contributed by atoms with E-state index in [0.717, 1.165) is 76.9 Å². The van der Waals surface area contributed by atoms with E-state index in [4.69, 9.17) is 19.4 Å². The molecular weight excluding hydrogens is 685 g/mol. The van der Waals surface area contributed by atoms with Gasteiger partial charge in [-0.15, -0.1) is 0 Å². The highest BCUT2D eigenvalue weighted by Gasteiger charge is 2.25. The smallest absolute Gasteiger partial charge is 0.166 e. The Morgan fingerprint density at radius 3 is 1.54 bits per heavy atom. The lowest BCUT2D eigenvalue weighted by atomic mass is 10.0. The first-order valence-electron chi connectivity index (χ1n) is 18.9. The predicted octanol–water partition coefficient (Wildman–Crippen LogP) is 13.3. The van der Waals surface area contributed by atoms with E-state index in [1.807, 2.05) is 12.1 Å². The fourth-order valence-electron chi connectivity index (χ4n) is 8.69. The molecule has 0 spiro atoms. The van der Waals surface area contributed by atoms with Gasteiger partial charge in [-0.3, -0.25) is 0 Å². The van der Waals surface area contributed by atoms with Gasteiger partial charge in [0, 0.05) is 32.8 Å². The molecular formula is C51H30N4O. The van der Waals surface area contributed by atoms with E-state index in [0.29, 0.717) is 17.5 Å². The average molecular weight is 715 g/mol. The number of hydrogen-bond acceptors (Lipinski definition) is 4. The molecule has 0 aliphatic heterocycles. The van der Waals surface area contributed by atoms with Crippen molar-refractivity contribution < 1.29 is 4.42 Å². The summed E-state index contributed by atoms with van der Waals surface area (Å²) in [6.07, 6.45) is 0. The van der Waals surface area contributed by atoms with Crippen LogP contribution in [0.5, 0.6) is 0 Å². The minimum Gasteiger partial charge on any atom is -0.456 e. The number of nitrogens with zero attached hydrogens (tertiary/aromatic N) is 4. The first kappa shape index (κ1) is 30.8. The van der Waals surface area contributed by atoms with E-state index in [1.165, 1.54) is 21.5 Å². The molecule has 0 aliphatic carbocycles. The maximum Gasteiger partial charge on any atom is 0.166 e. The highest BCUT2D eigenvalue weighted by Crippen LogP contribution is 2.44. The quantitative estimate of drug-likeness (QED) is 0.182. The monoisotopic (exact) mass is 714 g/mol. The van der Waals surface area contributed by atoms with E-state index >= 15 is 0 Å². The Kier molecular flexibility index (Phi) is 6.56. The molecule has 0 radical (unpaired) electrons. The average Bonchev–Trinajstić information content (AvgIpc) is 3.80. The van der Waals surface area contributed by atoms with Gasteiger partial charge in [0.2, 0.25) is 0 Å². The van der Waals surface area contributed by atoms with Crippen molar-refractivity contribution in [1.82, 2.24) is 19.5 Å². The molecule has 260 valence electrons. The van der Waals surface area contributed by atoms with Crippen LogP contribution in [0.15, 0.2) is 186 Å². The van der Waals surface area contributed by atoms with Gasteiger partial charge in [-0.2, -0.15) is 0 Å². The Morgan fingerprint density at radius 1 is 0.339 bits per heavy atom. The molecule has 5 heteroatoms. The Morgan fingerprint density at radius 2 is 0.857 bits per heavy atom. The molecule has 12 rings (SSSR count). The van der Waals surface area contributed by atoms with E-state index in [-0.39, 0.29) is 0 Å². The molecule has 12 aromatic rings. The van der Waals surface area contributed by atoms with Gasteiger partial charge in [-0.05, 0) is 68.7 Å². The number of para-hydroxylation sites is 2. The summed E-state index contributed by atoms with van der Waals surface area (Å²) in [4.78, 5) is 16.1. The van der Waals surface area contributed by atoms with Crippen LogP contribution in [0.2, 0.25) is 0 Å². The molecule has 0 fully saturated rings. The zero-order valence-electron chi connectivity index (χ0n) is 30.0. The van der Waals surface area contributed by atoms with Crippen molar-refractivity contribution in [3.63, 3.8) is 0 Å². The van der Waals surface area contributed by atoms with Crippen LogP contribution in [-0.4, -0.2) is 19.5 Å². The molecule has 3 aromatic heterocycles. The molecule has 9 aromatic carbocycles. The Hall–Kier alpha value is -7.63. The highest BCUT2D eigenvalue weighted by molar-refractivity contribution is 6.18. The standard InChI is InChI=1S/C51H30N4O/c1-2-16-34-30-44-42(29-33(34)15-1)37-21-7-9-25-43(37)55(44)48-41(27-28-46-47(48)40-22-8-10-26-45(40)56-46)51-53-49(38-23-11-17-31-13-3-5-19-35(31)38)52-50(54-51)39-24-12-18-32-14-4-6-20-36(32)39/h1-30H. The first-order valence-corrected chi connectivity index (χ1v) is 18.9. The molecule has 56 heavy (non-hydrogen) atoms. The number of aromatic nitrogens is 4. The van der Waals surface area contributed by atoms with E-state index in [1.54, 1.807) is 0 Å². The third-order valence-corrected chi connectivity index (χ3v) is 11.2. The van der Waals surface area contributed by atoms with Gasteiger partial charge in [-0.1, -0.05) is 146 Å². The Bertz CT molecular complexity index is 3450. The van der Waals surface area contributed by atoms with E-state index < -0.39 is 0 Å². The van der Waals surface area contributed by atoms with Crippen LogP contribution in [0.4, 0.5) is 0 Å². The summed E-state index contributed by atoms with van der Waals surface area (Å²) >= 11 is 0. The lowest BCUT2D eigenvalue weighted by molar-refractivity contribution is 0.669. The van der Waals surface area contributed by atoms with Crippen LogP contribution >= 0.6 is 0 Å². The molecule has 0 saturated carbocycles. The minimum absolute atomic E-state index is 0.583. The van der Waals surface area contributed by atoms with Crippen LogP contribution in [0.25, 0.3) is 116 Å². The van der Waals surface area contributed by atoms with Crippen LogP contribution in [0.3, 0.4) is 0 Å². The fraction of sp³-hybridized carbons (Fsp3) is 0. The van der Waals surface area contributed by atoms with Gasteiger partial charge in [0.15, 0.2) is 17.5 Å². The predicted molar refractivity (Wildman–Crippen MR) is 230 cm³/mol. The van der Waals surface area contributed by atoms with Gasteiger partial charge >= 0.3 is 0 Å². The van der Waals surface area contributed by atoms with Crippen LogP contribution < -0.4 is 0 Å². The number of fused-ring (bicyclic) bond motifs is 9. The second kappa shape index (κ2) is 11.9. The number of hydrogen-bond donors (Lipinski definition) is 0. The van der Waals surface area contributed by atoms with E-state index in [2.05, 4.69) is 174 Å². The topological polar surface area (TPSA) is 56.7 Å². The first-order chi connectivity index (χ1) is 27.8. The molecule has 5 nitrogen and oxygen atoms in total. The fourth-order valence-corrected chi connectivity index (χ4v) is 8.69. The molecule has 0 N–H and O–H groups in total. The van der Waals surface area contributed by atoms with Gasteiger partial charge in [0.05, 0.1) is 22.1 Å². The zero-order valence-corrected chi connectivity index (χ0v) is 30.0. The summed E-state index contributed by atoms with van der Waals surface area (Å²) in [5.41, 5.74) is 7.57. The third-order valence-electron chi connectivity index (χ3n) is 11.2. The van der Waals surface area contributed by atoms with Gasteiger partial charge in [-0.25, -0.2) is 15.0 Å². The van der Waals surface area contributed by atoms with Crippen molar-refractivity contribution >= 4 is 76.1 Å². The molecule has 0 unspecified atom stereocenters. The van der Waals surface area contributed by atoms with Crippen molar-refractivity contribution in [2.45, 2.75) is 0 Å². The van der Waals surface area contributed by atoms with Crippen molar-refractivity contribution in [3.8, 4) is 39.9 Å². The largest absolute Gasteiger partial charge is 0.456 e. The molecule has 0 saturated heterocycles. The normalized spacial score (nSPS) is 11.9. The van der Waals surface area contributed by atoms with Crippen LogP contribution in [-0.2, 0) is 0 Å². The Labute approximate surface area is 320 Å². The summed E-state index contributed by atoms with van der Waals surface area (Å²) < 4.78 is 8.99. The lowest BCUT2D eigenvalue weighted by Crippen LogP contribution is -2.04. The molecule has 0 bridgehead atoms. The van der Waals surface area contributed by atoms with Crippen LogP contribution in [0, 0.1) is 0 Å². The molecule has 0 amide bonds.